The summed E-state index contributed by atoms with van der Waals surface area (Å²) in [5.41, 5.74) is 10.0. The first-order chi connectivity index (χ1) is 21.8. The van der Waals surface area contributed by atoms with Crippen molar-refractivity contribution in [2.45, 2.75) is 0 Å². The van der Waals surface area contributed by atoms with Gasteiger partial charge in [0.05, 0.1) is 22.4 Å². The number of fused-ring (bicyclic) bond motifs is 6. The predicted molar refractivity (Wildman–Crippen MR) is 180 cm³/mol. The fourth-order valence-electron chi connectivity index (χ4n) is 6.32. The minimum Gasteiger partial charge on any atom is -0.456 e. The minimum absolute atomic E-state index is 0.697. The lowest BCUT2D eigenvalue weighted by molar-refractivity contribution is 0.669. The summed E-state index contributed by atoms with van der Waals surface area (Å²) in [6, 6.07) is 52.5. The van der Waals surface area contributed by atoms with Gasteiger partial charge in [0.15, 0.2) is 5.82 Å². The average Bonchev–Trinajstić information content (AvgIpc) is 3.62. The Labute approximate surface area is 253 Å². The van der Waals surface area contributed by atoms with E-state index in [-0.39, 0.29) is 0 Å². The van der Waals surface area contributed by atoms with Gasteiger partial charge in [0.1, 0.15) is 11.2 Å². The molecular formula is C40H25N3O. The number of para-hydroxylation sites is 2. The zero-order valence-corrected chi connectivity index (χ0v) is 23.7. The summed E-state index contributed by atoms with van der Waals surface area (Å²) < 4.78 is 8.61. The van der Waals surface area contributed by atoms with Crippen LogP contribution >= 0.6 is 0 Å². The molecule has 0 saturated heterocycles. The Balaban J connectivity index is 1.21. The van der Waals surface area contributed by atoms with Crippen molar-refractivity contribution < 1.29 is 4.42 Å². The van der Waals surface area contributed by atoms with E-state index >= 15 is 0 Å². The van der Waals surface area contributed by atoms with E-state index < -0.39 is 0 Å². The largest absolute Gasteiger partial charge is 0.456 e. The first-order valence-electron chi connectivity index (χ1n) is 14.8. The molecule has 0 unspecified atom stereocenters. The highest BCUT2D eigenvalue weighted by molar-refractivity contribution is 6.17. The van der Waals surface area contributed by atoms with Crippen LogP contribution in [0.2, 0.25) is 0 Å². The van der Waals surface area contributed by atoms with Crippen molar-refractivity contribution in [3.05, 3.63) is 152 Å². The lowest BCUT2D eigenvalue weighted by atomic mass is 10.1. The molecule has 9 aromatic rings. The average molecular weight is 564 g/mol. The van der Waals surface area contributed by atoms with Crippen LogP contribution in [0.1, 0.15) is 0 Å². The van der Waals surface area contributed by atoms with E-state index in [1.807, 2.05) is 48.5 Å². The topological polar surface area (TPSA) is 43.9 Å². The molecule has 0 aliphatic heterocycles. The second kappa shape index (κ2) is 9.79. The van der Waals surface area contributed by atoms with E-state index in [2.05, 4.69) is 108 Å². The van der Waals surface area contributed by atoms with Gasteiger partial charge in [0.25, 0.3) is 0 Å². The highest BCUT2D eigenvalue weighted by atomic mass is 16.3. The lowest BCUT2D eigenvalue weighted by Crippen LogP contribution is -1.97. The molecule has 44 heavy (non-hydrogen) atoms. The molecule has 0 saturated carbocycles. The first-order valence-corrected chi connectivity index (χ1v) is 14.8. The molecule has 0 radical (unpaired) electrons. The van der Waals surface area contributed by atoms with Crippen LogP contribution in [0.4, 0.5) is 0 Å². The number of benzene rings is 6. The predicted octanol–water partition coefficient (Wildman–Crippen LogP) is 10.5. The van der Waals surface area contributed by atoms with Crippen molar-refractivity contribution in [1.82, 2.24) is 14.5 Å². The molecule has 6 aromatic carbocycles. The molecule has 4 heteroatoms. The lowest BCUT2D eigenvalue weighted by Gasteiger charge is -2.11. The molecule has 206 valence electrons. The summed E-state index contributed by atoms with van der Waals surface area (Å²) in [6.45, 7) is 0. The summed E-state index contributed by atoms with van der Waals surface area (Å²) in [4.78, 5) is 10.0. The molecule has 0 N–H and O–H groups in total. The van der Waals surface area contributed by atoms with Crippen molar-refractivity contribution in [3.63, 3.8) is 0 Å². The number of hydrogen-bond acceptors (Lipinski definition) is 3. The molecule has 4 nitrogen and oxygen atoms in total. The molecule has 0 atom stereocenters. The summed E-state index contributed by atoms with van der Waals surface area (Å²) in [7, 11) is 0. The SMILES string of the molecule is c1ccc(-c2cc(-c3ccccc3)nc(-c3ccc(-n4c5ccccc5c5cc6c(cc54)oc4ccccc46)cc3)n2)cc1. The molecule has 0 aliphatic rings. The van der Waals surface area contributed by atoms with Crippen molar-refractivity contribution in [2.75, 3.05) is 0 Å². The zero-order valence-electron chi connectivity index (χ0n) is 23.7. The third-order valence-corrected chi connectivity index (χ3v) is 8.42. The van der Waals surface area contributed by atoms with E-state index in [4.69, 9.17) is 14.4 Å². The molecular weight excluding hydrogens is 538 g/mol. The van der Waals surface area contributed by atoms with Gasteiger partial charge in [0, 0.05) is 50.0 Å². The Bertz CT molecular complexity index is 2420. The van der Waals surface area contributed by atoms with Gasteiger partial charge in [-0.25, -0.2) is 9.97 Å². The zero-order chi connectivity index (χ0) is 29.0. The van der Waals surface area contributed by atoms with E-state index in [0.29, 0.717) is 5.82 Å². The second-order valence-electron chi connectivity index (χ2n) is 11.1. The first kappa shape index (κ1) is 24.6. The number of nitrogens with zero attached hydrogens (tertiary/aromatic N) is 3. The number of furan rings is 1. The Kier molecular flexibility index (Phi) is 5.47. The van der Waals surface area contributed by atoms with Gasteiger partial charge in [-0.15, -0.1) is 0 Å². The molecule has 0 spiro atoms. The Morgan fingerprint density at radius 3 is 1.73 bits per heavy atom. The van der Waals surface area contributed by atoms with E-state index in [1.54, 1.807) is 0 Å². The van der Waals surface area contributed by atoms with Crippen LogP contribution in [0.5, 0.6) is 0 Å². The molecule has 3 heterocycles. The van der Waals surface area contributed by atoms with E-state index in [0.717, 1.165) is 66.7 Å². The summed E-state index contributed by atoms with van der Waals surface area (Å²) in [5, 5.41) is 4.69. The van der Waals surface area contributed by atoms with Crippen LogP contribution in [0.25, 0.3) is 83.3 Å². The van der Waals surface area contributed by atoms with Gasteiger partial charge in [-0.05, 0) is 48.5 Å². The smallest absolute Gasteiger partial charge is 0.160 e. The van der Waals surface area contributed by atoms with Crippen molar-refractivity contribution >= 4 is 43.7 Å². The third kappa shape index (κ3) is 3.92. The van der Waals surface area contributed by atoms with Gasteiger partial charge in [-0.1, -0.05) is 97.1 Å². The summed E-state index contributed by atoms with van der Waals surface area (Å²) in [6.07, 6.45) is 0. The van der Waals surface area contributed by atoms with Crippen molar-refractivity contribution in [2.24, 2.45) is 0 Å². The number of hydrogen-bond donors (Lipinski definition) is 0. The van der Waals surface area contributed by atoms with Gasteiger partial charge in [-0.3, -0.25) is 0 Å². The van der Waals surface area contributed by atoms with Crippen LogP contribution in [0.3, 0.4) is 0 Å². The van der Waals surface area contributed by atoms with Gasteiger partial charge in [-0.2, -0.15) is 0 Å². The van der Waals surface area contributed by atoms with Crippen LogP contribution < -0.4 is 0 Å². The van der Waals surface area contributed by atoms with Crippen molar-refractivity contribution in [1.29, 1.82) is 0 Å². The molecule has 3 aromatic heterocycles. The maximum absolute atomic E-state index is 6.29. The molecule has 9 rings (SSSR count). The standard InChI is InChI=1S/C40H25N3O/c1-3-11-26(12-4-1)34-24-35(27-13-5-2-6-14-27)42-40(41-34)28-19-21-29(22-20-28)43-36-17-9-7-15-30(36)32-23-33-31-16-8-10-18-38(31)44-39(33)25-37(32)43/h1-25H. The van der Waals surface area contributed by atoms with Gasteiger partial charge < -0.3 is 8.98 Å². The quantitative estimate of drug-likeness (QED) is 0.214. The summed E-state index contributed by atoms with van der Waals surface area (Å²) >= 11 is 0. The molecule has 0 aliphatic carbocycles. The highest BCUT2D eigenvalue weighted by Gasteiger charge is 2.17. The Morgan fingerprint density at radius 1 is 0.409 bits per heavy atom. The van der Waals surface area contributed by atoms with Crippen LogP contribution in [-0.2, 0) is 0 Å². The monoisotopic (exact) mass is 563 g/mol. The second-order valence-corrected chi connectivity index (χ2v) is 11.1. The fraction of sp³-hybridized carbons (Fsp3) is 0. The maximum atomic E-state index is 6.29. The number of rotatable bonds is 4. The highest BCUT2D eigenvalue weighted by Crippen LogP contribution is 2.38. The normalized spacial score (nSPS) is 11.6. The number of aromatic nitrogens is 3. The van der Waals surface area contributed by atoms with Crippen LogP contribution in [-0.4, -0.2) is 14.5 Å². The van der Waals surface area contributed by atoms with Gasteiger partial charge >= 0.3 is 0 Å². The van der Waals surface area contributed by atoms with E-state index in [1.165, 1.54) is 10.8 Å². The van der Waals surface area contributed by atoms with Crippen LogP contribution in [0, 0.1) is 0 Å². The van der Waals surface area contributed by atoms with Gasteiger partial charge in [0.2, 0.25) is 0 Å². The summed E-state index contributed by atoms with van der Waals surface area (Å²) in [5.74, 6) is 0.697. The van der Waals surface area contributed by atoms with E-state index in [9.17, 15) is 0 Å². The third-order valence-electron chi connectivity index (χ3n) is 8.42. The molecule has 0 bridgehead atoms. The Hall–Kier alpha value is -6.00. The maximum Gasteiger partial charge on any atom is 0.160 e. The Morgan fingerprint density at radius 2 is 1.02 bits per heavy atom. The van der Waals surface area contributed by atoms with Crippen molar-refractivity contribution in [3.8, 4) is 39.6 Å². The van der Waals surface area contributed by atoms with Crippen LogP contribution in [0.15, 0.2) is 156 Å². The minimum atomic E-state index is 0.697. The fourth-order valence-corrected chi connectivity index (χ4v) is 6.32. The molecule has 0 amide bonds. The molecule has 0 fully saturated rings.